The zero-order valence-corrected chi connectivity index (χ0v) is 12.8. The highest BCUT2D eigenvalue weighted by atomic mass is 32.2. The van der Waals surface area contributed by atoms with Gasteiger partial charge in [0.2, 0.25) is 5.91 Å². The van der Waals surface area contributed by atoms with Gasteiger partial charge in [-0.2, -0.15) is 5.10 Å². The normalized spacial score (nSPS) is 20.9. The van der Waals surface area contributed by atoms with E-state index in [1.165, 1.54) is 6.92 Å². The second-order valence-corrected chi connectivity index (χ2v) is 7.56. The molecule has 0 bridgehead atoms. The third-order valence-corrected chi connectivity index (χ3v) is 5.30. The van der Waals surface area contributed by atoms with Crippen LogP contribution in [0, 0.1) is 17.6 Å². The fourth-order valence-corrected chi connectivity index (χ4v) is 4.18. The Balaban J connectivity index is 1.96. The van der Waals surface area contributed by atoms with Crippen LogP contribution in [-0.2, 0) is 14.6 Å². The predicted molar refractivity (Wildman–Crippen MR) is 78.1 cm³/mol. The Labute approximate surface area is 127 Å². The molecule has 1 saturated heterocycles. The standard InChI is InChI=1S/C14H16F2N2O3S/c1-9(12-7-11(15)2-3-13(12)16)17-18-14(19)6-10-4-5-22(20,21)8-10/h2-3,7,10H,4-6,8H2,1H3,(H,18,19)/b17-9-/t10-/m1/s1. The first-order valence-electron chi connectivity index (χ1n) is 6.76. The lowest BCUT2D eigenvalue weighted by atomic mass is 10.1. The van der Waals surface area contributed by atoms with E-state index in [1.807, 2.05) is 0 Å². The molecule has 1 aromatic carbocycles. The molecule has 1 amide bonds. The van der Waals surface area contributed by atoms with Crippen LogP contribution >= 0.6 is 0 Å². The molecule has 1 heterocycles. The summed E-state index contributed by atoms with van der Waals surface area (Å²) in [5.41, 5.74) is 2.34. The fraction of sp³-hybridized carbons (Fsp3) is 0.429. The molecule has 2 rings (SSSR count). The first kappa shape index (κ1) is 16.5. The van der Waals surface area contributed by atoms with Gasteiger partial charge in [0.25, 0.3) is 0 Å². The minimum atomic E-state index is -3.03. The van der Waals surface area contributed by atoms with E-state index in [4.69, 9.17) is 0 Å². The SMILES string of the molecule is C/C(=N/NC(=O)C[C@H]1CCS(=O)(=O)C1)c1cc(F)ccc1F. The Morgan fingerprint density at radius 2 is 2.14 bits per heavy atom. The van der Waals surface area contributed by atoms with Gasteiger partial charge in [0, 0.05) is 12.0 Å². The molecular weight excluding hydrogens is 314 g/mol. The van der Waals surface area contributed by atoms with E-state index in [0.717, 1.165) is 18.2 Å². The fourth-order valence-electron chi connectivity index (χ4n) is 2.32. The number of hydrogen-bond acceptors (Lipinski definition) is 4. The minimum Gasteiger partial charge on any atom is -0.273 e. The monoisotopic (exact) mass is 330 g/mol. The molecule has 1 atom stereocenters. The smallest absolute Gasteiger partial charge is 0.240 e. The van der Waals surface area contributed by atoms with Crippen LogP contribution in [0.1, 0.15) is 25.3 Å². The van der Waals surface area contributed by atoms with Crippen LogP contribution in [0.25, 0.3) is 0 Å². The van der Waals surface area contributed by atoms with Crippen molar-refractivity contribution < 1.29 is 22.0 Å². The van der Waals surface area contributed by atoms with Gasteiger partial charge in [-0.25, -0.2) is 22.6 Å². The Morgan fingerprint density at radius 3 is 2.77 bits per heavy atom. The van der Waals surface area contributed by atoms with E-state index in [0.29, 0.717) is 6.42 Å². The molecular formula is C14H16F2N2O3S. The first-order valence-corrected chi connectivity index (χ1v) is 8.58. The minimum absolute atomic E-state index is 0.00163. The summed E-state index contributed by atoms with van der Waals surface area (Å²) in [7, 11) is -3.03. The Kier molecular flexibility index (Phi) is 4.90. The average molecular weight is 330 g/mol. The van der Waals surface area contributed by atoms with Gasteiger partial charge in [-0.1, -0.05) is 0 Å². The lowest BCUT2D eigenvalue weighted by Crippen LogP contribution is -2.23. The number of sulfone groups is 1. The number of rotatable bonds is 4. The van der Waals surface area contributed by atoms with Gasteiger partial charge < -0.3 is 0 Å². The highest BCUT2D eigenvalue weighted by Crippen LogP contribution is 2.21. The van der Waals surface area contributed by atoms with E-state index in [-0.39, 0.29) is 35.1 Å². The van der Waals surface area contributed by atoms with Crippen molar-refractivity contribution in [1.82, 2.24) is 5.43 Å². The maximum absolute atomic E-state index is 13.5. The van der Waals surface area contributed by atoms with E-state index in [1.54, 1.807) is 0 Å². The molecule has 0 aromatic heterocycles. The lowest BCUT2D eigenvalue weighted by Gasteiger charge is -2.07. The Bertz CT molecular complexity index is 717. The molecule has 1 aliphatic rings. The molecule has 1 aliphatic heterocycles. The van der Waals surface area contributed by atoms with Crippen LogP contribution in [0.2, 0.25) is 0 Å². The second kappa shape index (κ2) is 6.51. The number of benzene rings is 1. The van der Waals surface area contributed by atoms with Gasteiger partial charge in [-0.05, 0) is 37.5 Å². The number of carbonyl (C=O) groups is 1. The first-order chi connectivity index (χ1) is 10.3. The molecule has 0 spiro atoms. The number of hydrogen-bond donors (Lipinski definition) is 1. The summed E-state index contributed by atoms with van der Waals surface area (Å²) < 4.78 is 49.2. The molecule has 1 N–H and O–H groups in total. The van der Waals surface area contributed by atoms with Crippen LogP contribution in [0.5, 0.6) is 0 Å². The van der Waals surface area contributed by atoms with Gasteiger partial charge in [0.15, 0.2) is 9.84 Å². The number of nitrogens with one attached hydrogen (secondary N) is 1. The molecule has 0 radical (unpaired) electrons. The summed E-state index contributed by atoms with van der Waals surface area (Å²) in [6.45, 7) is 1.44. The van der Waals surface area contributed by atoms with Crippen LogP contribution < -0.4 is 5.43 Å². The zero-order chi connectivity index (χ0) is 16.3. The molecule has 22 heavy (non-hydrogen) atoms. The highest BCUT2D eigenvalue weighted by Gasteiger charge is 2.29. The molecule has 120 valence electrons. The topological polar surface area (TPSA) is 75.6 Å². The van der Waals surface area contributed by atoms with Crippen LogP contribution in [0.3, 0.4) is 0 Å². The van der Waals surface area contributed by atoms with Crippen molar-refractivity contribution in [2.75, 3.05) is 11.5 Å². The average Bonchev–Trinajstić information content (AvgIpc) is 2.78. The number of nitrogens with zero attached hydrogens (tertiary/aromatic N) is 1. The van der Waals surface area contributed by atoms with Crippen LogP contribution in [0.15, 0.2) is 23.3 Å². The van der Waals surface area contributed by atoms with Crippen LogP contribution in [0.4, 0.5) is 8.78 Å². The molecule has 1 fully saturated rings. The van der Waals surface area contributed by atoms with E-state index >= 15 is 0 Å². The molecule has 0 saturated carbocycles. The molecule has 8 heteroatoms. The predicted octanol–water partition coefficient (Wildman–Crippen LogP) is 1.63. The second-order valence-electron chi connectivity index (χ2n) is 5.33. The molecule has 5 nitrogen and oxygen atoms in total. The largest absolute Gasteiger partial charge is 0.273 e. The van der Waals surface area contributed by atoms with Crippen molar-refractivity contribution in [1.29, 1.82) is 0 Å². The summed E-state index contributed by atoms with van der Waals surface area (Å²) in [5, 5.41) is 3.74. The summed E-state index contributed by atoms with van der Waals surface area (Å²) in [6.07, 6.45) is 0.499. The maximum Gasteiger partial charge on any atom is 0.240 e. The van der Waals surface area contributed by atoms with Crippen LogP contribution in [-0.4, -0.2) is 31.5 Å². The number of carbonyl (C=O) groups excluding carboxylic acids is 1. The Morgan fingerprint density at radius 1 is 1.41 bits per heavy atom. The number of hydrazone groups is 1. The Hall–Kier alpha value is -1.83. The third kappa shape index (κ3) is 4.33. The molecule has 0 unspecified atom stereocenters. The van der Waals surface area contributed by atoms with Crippen molar-refractivity contribution in [3.63, 3.8) is 0 Å². The van der Waals surface area contributed by atoms with Gasteiger partial charge in [-0.3, -0.25) is 4.79 Å². The third-order valence-electron chi connectivity index (χ3n) is 3.47. The zero-order valence-electron chi connectivity index (χ0n) is 12.0. The quantitative estimate of drug-likeness (QED) is 0.673. The lowest BCUT2D eigenvalue weighted by molar-refractivity contribution is -0.121. The molecule has 1 aromatic rings. The van der Waals surface area contributed by atoms with Crippen molar-refractivity contribution in [3.05, 3.63) is 35.4 Å². The summed E-state index contributed by atoms with van der Waals surface area (Å²) in [5.74, 6) is -1.81. The van der Waals surface area contributed by atoms with Crippen molar-refractivity contribution >= 4 is 21.5 Å². The molecule has 0 aliphatic carbocycles. The number of halogens is 2. The van der Waals surface area contributed by atoms with Gasteiger partial charge in [0.1, 0.15) is 11.6 Å². The maximum atomic E-state index is 13.5. The van der Waals surface area contributed by atoms with Crippen molar-refractivity contribution in [2.24, 2.45) is 11.0 Å². The van der Waals surface area contributed by atoms with Gasteiger partial charge in [-0.15, -0.1) is 0 Å². The van der Waals surface area contributed by atoms with Crippen molar-refractivity contribution in [2.45, 2.75) is 19.8 Å². The highest BCUT2D eigenvalue weighted by molar-refractivity contribution is 7.91. The van der Waals surface area contributed by atoms with E-state index < -0.39 is 27.4 Å². The summed E-state index contributed by atoms with van der Waals surface area (Å²) in [4.78, 5) is 11.7. The van der Waals surface area contributed by atoms with Gasteiger partial charge >= 0.3 is 0 Å². The van der Waals surface area contributed by atoms with E-state index in [9.17, 15) is 22.0 Å². The van der Waals surface area contributed by atoms with Crippen molar-refractivity contribution in [3.8, 4) is 0 Å². The van der Waals surface area contributed by atoms with E-state index in [2.05, 4.69) is 10.5 Å². The summed E-state index contributed by atoms with van der Waals surface area (Å²) >= 11 is 0. The number of amides is 1. The summed E-state index contributed by atoms with van der Waals surface area (Å²) in [6, 6.07) is 2.96. The van der Waals surface area contributed by atoms with Gasteiger partial charge in [0.05, 0.1) is 17.2 Å².